The predicted molar refractivity (Wildman–Crippen MR) is 83.1 cm³/mol. The van der Waals surface area contributed by atoms with Crippen molar-refractivity contribution >= 4 is 16.7 Å². The highest BCUT2D eigenvalue weighted by molar-refractivity contribution is 5.80. The number of hydrogen-bond donors (Lipinski definition) is 0. The van der Waals surface area contributed by atoms with Gasteiger partial charge in [0.2, 0.25) is 0 Å². The Morgan fingerprint density at radius 3 is 2.68 bits per heavy atom. The highest BCUT2D eigenvalue weighted by Crippen LogP contribution is 2.22. The van der Waals surface area contributed by atoms with Crippen LogP contribution in [0.1, 0.15) is 16.7 Å². The SMILES string of the molecule is Cc1c(Cc2cccc([N+](=O)[O-])c2)c(=O)oc2ccccc12. The van der Waals surface area contributed by atoms with E-state index in [2.05, 4.69) is 0 Å². The van der Waals surface area contributed by atoms with Crippen molar-refractivity contribution < 1.29 is 9.34 Å². The van der Waals surface area contributed by atoms with Gasteiger partial charge in [0.1, 0.15) is 5.58 Å². The van der Waals surface area contributed by atoms with Crippen LogP contribution in [-0.2, 0) is 6.42 Å². The number of para-hydroxylation sites is 1. The minimum absolute atomic E-state index is 0.0142. The van der Waals surface area contributed by atoms with Crippen LogP contribution in [0.5, 0.6) is 0 Å². The lowest BCUT2D eigenvalue weighted by Gasteiger charge is -2.07. The largest absolute Gasteiger partial charge is 0.423 e. The Morgan fingerprint density at radius 1 is 1.14 bits per heavy atom. The fourth-order valence-corrected chi connectivity index (χ4v) is 2.53. The summed E-state index contributed by atoms with van der Waals surface area (Å²) in [5.41, 5.74) is 2.24. The van der Waals surface area contributed by atoms with Crippen molar-refractivity contribution in [3.63, 3.8) is 0 Å². The van der Waals surface area contributed by atoms with Gasteiger partial charge in [-0.3, -0.25) is 10.1 Å². The summed E-state index contributed by atoms with van der Waals surface area (Å²) in [5.74, 6) is 0. The molecule has 5 heteroatoms. The summed E-state index contributed by atoms with van der Waals surface area (Å²) in [6.45, 7) is 1.87. The third-order valence-electron chi connectivity index (χ3n) is 3.70. The van der Waals surface area contributed by atoms with E-state index in [0.29, 0.717) is 23.1 Å². The van der Waals surface area contributed by atoms with E-state index in [4.69, 9.17) is 4.42 Å². The second kappa shape index (κ2) is 5.44. The first-order valence-electron chi connectivity index (χ1n) is 6.81. The van der Waals surface area contributed by atoms with Crippen LogP contribution < -0.4 is 5.63 Å². The van der Waals surface area contributed by atoms with Crippen LogP contribution in [0, 0.1) is 17.0 Å². The molecule has 0 aliphatic heterocycles. The summed E-state index contributed by atoms with van der Waals surface area (Å²) >= 11 is 0. The molecule has 0 saturated heterocycles. The topological polar surface area (TPSA) is 73.3 Å². The van der Waals surface area contributed by atoms with Gasteiger partial charge in [-0.1, -0.05) is 30.3 Å². The number of non-ortho nitro benzene ring substituents is 1. The summed E-state index contributed by atoms with van der Waals surface area (Å²) in [4.78, 5) is 22.6. The molecule has 0 amide bonds. The van der Waals surface area contributed by atoms with Gasteiger partial charge >= 0.3 is 5.63 Å². The number of nitro benzene ring substituents is 1. The van der Waals surface area contributed by atoms with Gasteiger partial charge in [0.25, 0.3) is 5.69 Å². The first-order valence-corrected chi connectivity index (χ1v) is 6.81. The zero-order valence-corrected chi connectivity index (χ0v) is 11.9. The Morgan fingerprint density at radius 2 is 1.91 bits per heavy atom. The first-order chi connectivity index (χ1) is 10.6. The fourth-order valence-electron chi connectivity index (χ4n) is 2.53. The maximum Gasteiger partial charge on any atom is 0.340 e. The summed E-state index contributed by atoms with van der Waals surface area (Å²) in [6, 6.07) is 13.6. The molecule has 1 aromatic heterocycles. The Kier molecular flexibility index (Phi) is 3.47. The summed E-state index contributed by atoms with van der Waals surface area (Å²) in [7, 11) is 0. The van der Waals surface area contributed by atoms with Crippen molar-refractivity contribution in [3.05, 3.63) is 85.8 Å². The molecule has 0 bridgehead atoms. The normalized spacial score (nSPS) is 10.8. The Labute approximate surface area is 126 Å². The standard InChI is InChI=1S/C17H13NO4/c1-11-14-7-2-3-8-16(14)22-17(19)15(11)10-12-5-4-6-13(9-12)18(20)21/h2-9H,10H2,1H3. The van der Waals surface area contributed by atoms with Gasteiger partial charge in [0, 0.05) is 29.5 Å². The minimum Gasteiger partial charge on any atom is -0.423 e. The van der Waals surface area contributed by atoms with Crippen molar-refractivity contribution in [2.24, 2.45) is 0 Å². The molecule has 0 saturated carbocycles. The molecule has 3 aromatic rings. The predicted octanol–water partition coefficient (Wildman–Crippen LogP) is 3.60. The van der Waals surface area contributed by atoms with E-state index < -0.39 is 10.5 Å². The molecule has 5 nitrogen and oxygen atoms in total. The molecule has 2 aromatic carbocycles. The number of fused-ring (bicyclic) bond motifs is 1. The number of hydrogen-bond acceptors (Lipinski definition) is 4. The summed E-state index contributed by atoms with van der Waals surface area (Å²) in [6.07, 6.45) is 0.306. The first kappa shape index (κ1) is 14.0. The molecular weight excluding hydrogens is 282 g/mol. The molecule has 3 rings (SSSR count). The minimum atomic E-state index is -0.445. The highest BCUT2D eigenvalue weighted by Gasteiger charge is 2.13. The van der Waals surface area contributed by atoms with Crippen LogP contribution in [0.25, 0.3) is 11.0 Å². The summed E-state index contributed by atoms with van der Waals surface area (Å²) in [5, 5.41) is 11.7. The number of nitrogens with zero attached hydrogens (tertiary/aromatic N) is 1. The van der Waals surface area contributed by atoms with E-state index in [1.54, 1.807) is 18.2 Å². The van der Waals surface area contributed by atoms with Crippen molar-refractivity contribution in [2.75, 3.05) is 0 Å². The maximum absolute atomic E-state index is 12.2. The van der Waals surface area contributed by atoms with E-state index in [1.807, 2.05) is 25.1 Å². The lowest BCUT2D eigenvalue weighted by molar-refractivity contribution is -0.384. The molecule has 0 radical (unpaired) electrons. The Bertz CT molecular complexity index is 927. The van der Waals surface area contributed by atoms with E-state index >= 15 is 0 Å². The van der Waals surface area contributed by atoms with Crippen LogP contribution >= 0.6 is 0 Å². The van der Waals surface area contributed by atoms with Crippen LogP contribution in [-0.4, -0.2) is 4.92 Å². The third-order valence-corrected chi connectivity index (χ3v) is 3.70. The van der Waals surface area contributed by atoms with Gasteiger partial charge in [-0.15, -0.1) is 0 Å². The van der Waals surface area contributed by atoms with Crippen LogP contribution in [0.15, 0.2) is 57.7 Å². The lowest BCUT2D eigenvalue weighted by atomic mass is 9.99. The molecule has 110 valence electrons. The molecule has 0 aliphatic carbocycles. The van der Waals surface area contributed by atoms with Gasteiger partial charge in [-0.25, -0.2) is 4.79 Å². The smallest absolute Gasteiger partial charge is 0.340 e. The van der Waals surface area contributed by atoms with Gasteiger partial charge < -0.3 is 4.42 Å². The average molecular weight is 295 g/mol. The lowest BCUT2D eigenvalue weighted by Crippen LogP contribution is -2.11. The summed E-state index contributed by atoms with van der Waals surface area (Å²) < 4.78 is 5.33. The Balaban J connectivity index is 2.09. The third kappa shape index (κ3) is 2.48. The second-order valence-electron chi connectivity index (χ2n) is 5.09. The maximum atomic E-state index is 12.2. The fraction of sp³-hybridized carbons (Fsp3) is 0.118. The van der Waals surface area contributed by atoms with E-state index in [-0.39, 0.29) is 5.69 Å². The molecular formula is C17H13NO4. The van der Waals surface area contributed by atoms with Crippen LogP contribution in [0.3, 0.4) is 0 Å². The van der Waals surface area contributed by atoms with E-state index in [1.165, 1.54) is 12.1 Å². The average Bonchev–Trinajstić information content (AvgIpc) is 2.52. The van der Waals surface area contributed by atoms with E-state index in [9.17, 15) is 14.9 Å². The van der Waals surface area contributed by atoms with Crippen molar-refractivity contribution in [2.45, 2.75) is 13.3 Å². The molecule has 0 fully saturated rings. The van der Waals surface area contributed by atoms with Crippen molar-refractivity contribution in [1.29, 1.82) is 0 Å². The van der Waals surface area contributed by atoms with Crippen LogP contribution in [0.2, 0.25) is 0 Å². The monoisotopic (exact) mass is 295 g/mol. The quantitative estimate of drug-likeness (QED) is 0.420. The zero-order valence-electron chi connectivity index (χ0n) is 11.9. The van der Waals surface area contributed by atoms with Gasteiger partial charge in [0.15, 0.2) is 0 Å². The van der Waals surface area contributed by atoms with Crippen molar-refractivity contribution in [3.8, 4) is 0 Å². The number of benzene rings is 2. The van der Waals surface area contributed by atoms with Crippen molar-refractivity contribution in [1.82, 2.24) is 0 Å². The zero-order chi connectivity index (χ0) is 15.7. The molecule has 22 heavy (non-hydrogen) atoms. The molecule has 0 atom stereocenters. The molecule has 0 aliphatic rings. The number of aryl methyl sites for hydroxylation is 1. The van der Waals surface area contributed by atoms with Crippen LogP contribution in [0.4, 0.5) is 5.69 Å². The molecule has 0 unspecified atom stereocenters. The second-order valence-corrected chi connectivity index (χ2v) is 5.09. The van der Waals surface area contributed by atoms with E-state index in [0.717, 1.165) is 10.9 Å². The number of rotatable bonds is 3. The number of nitro groups is 1. The molecule has 1 heterocycles. The van der Waals surface area contributed by atoms with Gasteiger partial charge in [-0.2, -0.15) is 0 Å². The Hall–Kier alpha value is -2.95. The van der Waals surface area contributed by atoms with Gasteiger partial charge in [0.05, 0.1) is 4.92 Å². The van der Waals surface area contributed by atoms with Gasteiger partial charge in [-0.05, 0) is 24.1 Å². The highest BCUT2D eigenvalue weighted by atomic mass is 16.6. The molecule has 0 N–H and O–H groups in total. The molecule has 0 spiro atoms.